The quantitative estimate of drug-likeness (QED) is 0.854. The van der Waals surface area contributed by atoms with E-state index < -0.39 is 0 Å². The highest BCUT2D eigenvalue weighted by atomic mass is 16.5. The van der Waals surface area contributed by atoms with Gasteiger partial charge in [0.15, 0.2) is 0 Å². The van der Waals surface area contributed by atoms with Crippen LogP contribution in [0.15, 0.2) is 42.5 Å². The lowest BCUT2D eigenvalue weighted by atomic mass is 10.1. The molecule has 0 saturated carbocycles. The molecule has 1 amide bonds. The first-order valence-corrected chi connectivity index (χ1v) is 7.42. The predicted molar refractivity (Wildman–Crippen MR) is 90.6 cm³/mol. The Kier molecular flexibility index (Phi) is 5.42. The number of amides is 1. The van der Waals surface area contributed by atoms with Crippen molar-refractivity contribution < 1.29 is 9.53 Å². The molecule has 2 N–H and O–H groups in total. The zero-order chi connectivity index (χ0) is 15.9. The molecule has 0 saturated heterocycles. The summed E-state index contributed by atoms with van der Waals surface area (Å²) in [4.78, 5) is 12.0. The fraction of sp³-hybridized carbons (Fsp3) is 0.278. The number of carbonyl (C=O) groups excluding carboxylic acids is 1. The van der Waals surface area contributed by atoms with Crippen LogP contribution in [0.1, 0.15) is 18.1 Å². The maximum Gasteiger partial charge on any atom is 0.243 e. The first-order valence-electron chi connectivity index (χ1n) is 7.42. The van der Waals surface area contributed by atoms with Crippen LogP contribution in [0.5, 0.6) is 5.75 Å². The maximum atomic E-state index is 12.0. The average Bonchev–Trinajstić information content (AvgIpc) is 2.50. The number of benzene rings is 2. The molecule has 0 fully saturated rings. The van der Waals surface area contributed by atoms with Crippen LogP contribution in [-0.2, 0) is 4.79 Å². The van der Waals surface area contributed by atoms with E-state index in [1.165, 1.54) is 5.56 Å². The molecule has 0 spiro atoms. The van der Waals surface area contributed by atoms with Crippen LogP contribution in [0, 0.1) is 13.8 Å². The van der Waals surface area contributed by atoms with Crippen molar-refractivity contribution in [1.29, 1.82) is 0 Å². The molecule has 0 radical (unpaired) electrons. The molecule has 116 valence electrons. The topological polar surface area (TPSA) is 50.4 Å². The third-order valence-electron chi connectivity index (χ3n) is 3.39. The fourth-order valence-electron chi connectivity index (χ4n) is 2.07. The summed E-state index contributed by atoms with van der Waals surface area (Å²) < 4.78 is 5.43. The SMILES string of the molecule is CCOc1cccc(NCC(=O)Nc2ccc(C)c(C)c2)c1. The van der Waals surface area contributed by atoms with E-state index in [1.807, 2.05) is 63.2 Å². The minimum atomic E-state index is -0.0786. The maximum absolute atomic E-state index is 12.0. The highest BCUT2D eigenvalue weighted by molar-refractivity contribution is 5.93. The van der Waals surface area contributed by atoms with Crippen molar-refractivity contribution in [3.05, 3.63) is 53.6 Å². The van der Waals surface area contributed by atoms with Gasteiger partial charge in [0.1, 0.15) is 5.75 Å². The normalized spacial score (nSPS) is 10.1. The summed E-state index contributed by atoms with van der Waals surface area (Å²) >= 11 is 0. The van der Waals surface area contributed by atoms with E-state index in [9.17, 15) is 4.79 Å². The predicted octanol–water partition coefficient (Wildman–Crippen LogP) is 3.75. The van der Waals surface area contributed by atoms with Gasteiger partial charge < -0.3 is 15.4 Å². The molecule has 0 aromatic heterocycles. The van der Waals surface area contributed by atoms with Gasteiger partial charge in [-0.3, -0.25) is 4.79 Å². The number of aryl methyl sites for hydroxylation is 2. The Balaban J connectivity index is 1.89. The zero-order valence-corrected chi connectivity index (χ0v) is 13.3. The molecular formula is C18H22N2O2. The molecule has 0 aliphatic heterocycles. The smallest absolute Gasteiger partial charge is 0.243 e. The van der Waals surface area contributed by atoms with Gasteiger partial charge in [-0.25, -0.2) is 0 Å². The summed E-state index contributed by atoms with van der Waals surface area (Å²) in [5.41, 5.74) is 4.05. The molecule has 0 heterocycles. The fourth-order valence-corrected chi connectivity index (χ4v) is 2.07. The molecule has 4 nitrogen and oxygen atoms in total. The Morgan fingerprint density at radius 2 is 1.86 bits per heavy atom. The van der Waals surface area contributed by atoms with Gasteiger partial charge >= 0.3 is 0 Å². The molecule has 0 unspecified atom stereocenters. The Morgan fingerprint density at radius 3 is 2.59 bits per heavy atom. The summed E-state index contributed by atoms with van der Waals surface area (Å²) in [6.45, 7) is 6.85. The van der Waals surface area contributed by atoms with Crippen molar-refractivity contribution in [1.82, 2.24) is 0 Å². The minimum absolute atomic E-state index is 0.0786. The number of nitrogens with one attached hydrogen (secondary N) is 2. The summed E-state index contributed by atoms with van der Waals surface area (Å²) in [5.74, 6) is 0.715. The van der Waals surface area contributed by atoms with Gasteiger partial charge in [-0.2, -0.15) is 0 Å². The van der Waals surface area contributed by atoms with E-state index in [2.05, 4.69) is 10.6 Å². The van der Waals surface area contributed by atoms with Gasteiger partial charge in [0.2, 0.25) is 5.91 Å². The van der Waals surface area contributed by atoms with Gasteiger partial charge in [0.05, 0.1) is 13.2 Å². The Hall–Kier alpha value is -2.49. The van der Waals surface area contributed by atoms with Crippen molar-refractivity contribution >= 4 is 17.3 Å². The number of hydrogen-bond donors (Lipinski definition) is 2. The number of anilines is 2. The van der Waals surface area contributed by atoms with Gasteiger partial charge in [-0.15, -0.1) is 0 Å². The zero-order valence-electron chi connectivity index (χ0n) is 13.3. The van der Waals surface area contributed by atoms with Crippen molar-refractivity contribution in [3.8, 4) is 5.75 Å². The van der Waals surface area contributed by atoms with E-state index in [1.54, 1.807) is 0 Å². The van der Waals surface area contributed by atoms with Crippen LogP contribution >= 0.6 is 0 Å². The first-order chi connectivity index (χ1) is 10.6. The molecule has 2 rings (SSSR count). The molecule has 0 atom stereocenters. The van der Waals surface area contributed by atoms with Crippen LogP contribution in [0.3, 0.4) is 0 Å². The summed E-state index contributed by atoms with van der Waals surface area (Å²) in [5, 5.41) is 5.98. The summed E-state index contributed by atoms with van der Waals surface area (Å²) in [6, 6.07) is 13.5. The summed E-state index contributed by atoms with van der Waals surface area (Å²) in [6.07, 6.45) is 0. The lowest BCUT2D eigenvalue weighted by molar-refractivity contribution is -0.114. The van der Waals surface area contributed by atoms with Crippen molar-refractivity contribution in [2.45, 2.75) is 20.8 Å². The van der Waals surface area contributed by atoms with Crippen LogP contribution in [0.25, 0.3) is 0 Å². The summed E-state index contributed by atoms with van der Waals surface area (Å²) in [7, 11) is 0. The highest BCUT2D eigenvalue weighted by Crippen LogP contribution is 2.17. The number of ether oxygens (including phenoxy) is 1. The van der Waals surface area contributed by atoms with Gasteiger partial charge in [-0.05, 0) is 56.2 Å². The van der Waals surface area contributed by atoms with E-state index >= 15 is 0 Å². The third-order valence-corrected chi connectivity index (χ3v) is 3.39. The molecule has 4 heteroatoms. The van der Waals surface area contributed by atoms with Crippen molar-refractivity contribution in [2.75, 3.05) is 23.8 Å². The molecule has 2 aromatic rings. The lowest BCUT2D eigenvalue weighted by Gasteiger charge is -2.10. The van der Waals surface area contributed by atoms with E-state index in [-0.39, 0.29) is 12.5 Å². The average molecular weight is 298 g/mol. The second-order valence-corrected chi connectivity index (χ2v) is 5.16. The lowest BCUT2D eigenvalue weighted by Crippen LogP contribution is -2.21. The number of rotatable bonds is 6. The molecule has 22 heavy (non-hydrogen) atoms. The van der Waals surface area contributed by atoms with E-state index in [0.29, 0.717) is 6.61 Å². The second-order valence-electron chi connectivity index (χ2n) is 5.16. The Morgan fingerprint density at radius 1 is 1.05 bits per heavy atom. The second kappa shape index (κ2) is 7.50. The van der Waals surface area contributed by atoms with Gasteiger partial charge in [0.25, 0.3) is 0 Å². The third kappa shape index (κ3) is 4.52. The Labute approximate surface area is 131 Å². The van der Waals surface area contributed by atoms with Crippen molar-refractivity contribution in [3.63, 3.8) is 0 Å². The van der Waals surface area contributed by atoms with Gasteiger partial charge in [-0.1, -0.05) is 12.1 Å². The van der Waals surface area contributed by atoms with E-state index in [0.717, 1.165) is 22.7 Å². The molecule has 2 aromatic carbocycles. The monoisotopic (exact) mass is 298 g/mol. The number of carbonyl (C=O) groups is 1. The highest BCUT2D eigenvalue weighted by Gasteiger charge is 2.04. The Bertz CT molecular complexity index is 653. The molecule has 0 aliphatic rings. The first kappa shape index (κ1) is 15.9. The molecule has 0 aliphatic carbocycles. The largest absolute Gasteiger partial charge is 0.494 e. The van der Waals surface area contributed by atoms with Crippen LogP contribution in [0.2, 0.25) is 0 Å². The van der Waals surface area contributed by atoms with E-state index in [4.69, 9.17) is 4.74 Å². The van der Waals surface area contributed by atoms with Crippen LogP contribution in [-0.4, -0.2) is 19.1 Å². The van der Waals surface area contributed by atoms with Crippen LogP contribution in [0.4, 0.5) is 11.4 Å². The molecular weight excluding hydrogens is 276 g/mol. The van der Waals surface area contributed by atoms with Gasteiger partial charge in [0, 0.05) is 17.4 Å². The number of hydrogen-bond acceptors (Lipinski definition) is 3. The molecule has 0 bridgehead atoms. The van der Waals surface area contributed by atoms with Crippen LogP contribution < -0.4 is 15.4 Å². The minimum Gasteiger partial charge on any atom is -0.494 e. The van der Waals surface area contributed by atoms with Crippen molar-refractivity contribution in [2.24, 2.45) is 0 Å². The standard InChI is InChI=1S/C18H22N2O2/c1-4-22-17-7-5-6-15(11-17)19-12-18(21)20-16-9-8-13(2)14(3)10-16/h5-11,19H,4,12H2,1-3H3,(H,20,21).